The van der Waals surface area contributed by atoms with E-state index >= 15 is 0 Å². The molecule has 0 radical (unpaired) electrons. The van der Waals surface area contributed by atoms with Crippen molar-refractivity contribution in [3.8, 4) is 0 Å². The molecule has 0 bridgehead atoms. The van der Waals surface area contributed by atoms with Gasteiger partial charge >= 0.3 is 0 Å². The van der Waals surface area contributed by atoms with E-state index in [-0.39, 0.29) is 6.04 Å². The third-order valence-electron chi connectivity index (χ3n) is 2.78. The molecule has 3 heteroatoms. The van der Waals surface area contributed by atoms with Crippen molar-refractivity contribution in [3.63, 3.8) is 0 Å². The van der Waals surface area contributed by atoms with Crippen molar-refractivity contribution in [2.75, 3.05) is 26.7 Å². The van der Waals surface area contributed by atoms with Crippen LogP contribution in [0.5, 0.6) is 0 Å². The van der Waals surface area contributed by atoms with E-state index in [4.69, 9.17) is 10.5 Å². The largest absolute Gasteiger partial charge is 0.375 e. The molecule has 1 rings (SSSR count). The standard InChI is InChI=1S/C11H24N2O/c1-9-4-5-13(3)7-11(6-9)14-8-10(2)12/h9-11H,4-8,12H2,1-3H3. The van der Waals surface area contributed by atoms with Gasteiger partial charge in [-0.15, -0.1) is 0 Å². The first-order chi connectivity index (χ1) is 6.58. The molecular formula is C11H24N2O. The second-order valence-corrected chi connectivity index (χ2v) is 4.82. The fourth-order valence-electron chi connectivity index (χ4n) is 1.93. The Hall–Kier alpha value is -0.120. The molecule has 1 heterocycles. The SMILES string of the molecule is CC(N)COC1CC(C)CCN(C)C1. The first-order valence-corrected chi connectivity index (χ1v) is 5.63. The average Bonchev–Trinajstić information content (AvgIpc) is 2.25. The predicted molar refractivity (Wildman–Crippen MR) is 59.3 cm³/mol. The van der Waals surface area contributed by atoms with E-state index in [0.717, 1.165) is 12.5 Å². The Morgan fingerprint density at radius 1 is 1.57 bits per heavy atom. The van der Waals surface area contributed by atoms with E-state index in [1.54, 1.807) is 0 Å². The molecular weight excluding hydrogens is 176 g/mol. The highest BCUT2D eigenvalue weighted by Crippen LogP contribution is 2.18. The molecule has 1 aliphatic heterocycles. The first-order valence-electron chi connectivity index (χ1n) is 5.63. The number of likely N-dealkylation sites (tertiary alicyclic amines) is 1. The van der Waals surface area contributed by atoms with Crippen LogP contribution in [0.3, 0.4) is 0 Å². The lowest BCUT2D eigenvalue weighted by Gasteiger charge is -2.21. The Kier molecular flexibility index (Phi) is 4.85. The van der Waals surface area contributed by atoms with E-state index in [2.05, 4.69) is 18.9 Å². The molecule has 0 aromatic heterocycles. The van der Waals surface area contributed by atoms with E-state index in [1.165, 1.54) is 19.4 Å². The highest BCUT2D eigenvalue weighted by molar-refractivity contribution is 4.73. The summed E-state index contributed by atoms with van der Waals surface area (Å²) in [6, 6.07) is 0.152. The zero-order valence-corrected chi connectivity index (χ0v) is 9.70. The fraction of sp³-hybridized carbons (Fsp3) is 1.00. The van der Waals surface area contributed by atoms with E-state index in [0.29, 0.717) is 12.7 Å². The summed E-state index contributed by atoms with van der Waals surface area (Å²) in [5.74, 6) is 0.776. The number of nitrogens with two attached hydrogens (primary N) is 1. The summed E-state index contributed by atoms with van der Waals surface area (Å²) in [6.45, 7) is 7.23. The molecule has 84 valence electrons. The van der Waals surface area contributed by atoms with Crippen molar-refractivity contribution in [2.45, 2.75) is 38.8 Å². The van der Waals surface area contributed by atoms with Gasteiger partial charge in [-0.2, -0.15) is 0 Å². The van der Waals surface area contributed by atoms with Gasteiger partial charge in [0.2, 0.25) is 0 Å². The van der Waals surface area contributed by atoms with Crippen molar-refractivity contribution < 1.29 is 4.74 Å². The van der Waals surface area contributed by atoms with Gasteiger partial charge in [-0.3, -0.25) is 0 Å². The summed E-state index contributed by atoms with van der Waals surface area (Å²) in [5.41, 5.74) is 5.68. The zero-order valence-electron chi connectivity index (χ0n) is 9.70. The number of hydrogen-bond acceptors (Lipinski definition) is 3. The maximum absolute atomic E-state index is 5.80. The summed E-state index contributed by atoms with van der Waals surface area (Å²) in [4.78, 5) is 2.36. The Bertz CT molecular complexity index is 149. The first kappa shape index (κ1) is 12.0. The van der Waals surface area contributed by atoms with Gasteiger partial charge in [-0.1, -0.05) is 6.92 Å². The van der Waals surface area contributed by atoms with Crippen molar-refractivity contribution in [3.05, 3.63) is 0 Å². The van der Waals surface area contributed by atoms with Gasteiger partial charge in [-0.05, 0) is 39.3 Å². The topological polar surface area (TPSA) is 38.5 Å². The molecule has 0 saturated carbocycles. The molecule has 1 fully saturated rings. The normalized spacial score (nSPS) is 32.6. The summed E-state index contributed by atoms with van der Waals surface area (Å²) >= 11 is 0. The highest BCUT2D eigenvalue weighted by Gasteiger charge is 2.20. The summed E-state index contributed by atoms with van der Waals surface area (Å²) in [6.07, 6.45) is 2.84. The van der Waals surface area contributed by atoms with Gasteiger partial charge in [0.15, 0.2) is 0 Å². The summed E-state index contributed by atoms with van der Waals surface area (Å²) in [5, 5.41) is 0. The van der Waals surface area contributed by atoms with Crippen LogP contribution in [-0.2, 0) is 4.74 Å². The maximum atomic E-state index is 5.80. The molecule has 1 saturated heterocycles. The van der Waals surface area contributed by atoms with Crippen LogP contribution in [0.25, 0.3) is 0 Å². The van der Waals surface area contributed by atoms with Crippen LogP contribution >= 0.6 is 0 Å². The van der Waals surface area contributed by atoms with E-state index in [1.807, 2.05) is 6.92 Å². The van der Waals surface area contributed by atoms with Crippen molar-refractivity contribution >= 4 is 0 Å². The zero-order chi connectivity index (χ0) is 10.6. The fourth-order valence-corrected chi connectivity index (χ4v) is 1.93. The molecule has 0 amide bonds. The number of nitrogens with zero attached hydrogens (tertiary/aromatic N) is 1. The van der Waals surface area contributed by atoms with Gasteiger partial charge in [-0.25, -0.2) is 0 Å². The minimum atomic E-state index is 0.152. The van der Waals surface area contributed by atoms with Crippen molar-refractivity contribution in [2.24, 2.45) is 11.7 Å². The molecule has 0 aliphatic carbocycles. The van der Waals surface area contributed by atoms with Crippen LogP contribution in [0.15, 0.2) is 0 Å². The van der Waals surface area contributed by atoms with Gasteiger partial charge in [0, 0.05) is 12.6 Å². The van der Waals surface area contributed by atoms with Crippen LogP contribution in [0.1, 0.15) is 26.7 Å². The van der Waals surface area contributed by atoms with Gasteiger partial charge < -0.3 is 15.4 Å². The molecule has 3 unspecified atom stereocenters. The predicted octanol–water partition coefficient (Wildman–Crippen LogP) is 1.08. The quantitative estimate of drug-likeness (QED) is 0.741. The number of hydrogen-bond donors (Lipinski definition) is 1. The van der Waals surface area contributed by atoms with Crippen LogP contribution in [0.4, 0.5) is 0 Å². The average molecular weight is 200 g/mol. The molecule has 2 N–H and O–H groups in total. The molecule has 0 spiro atoms. The molecule has 1 aliphatic rings. The minimum Gasteiger partial charge on any atom is -0.375 e. The van der Waals surface area contributed by atoms with Crippen LogP contribution in [0, 0.1) is 5.92 Å². The van der Waals surface area contributed by atoms with Crippen molar-refractivity contribution in [1.29, 1.82) is 0 Å². The Balaban J connectivity index is 2.33. The molecule has 0 aromatic carbocycles. The minimum absolute atomic E-state index is 0.152. The van der Waals surface area contributed by atoms with Gasteiger partial charge in [0.1, 0.15) is 0 Å². The van der Waals surface area contributed by atoms with E-state index in [9.17, 15) is 0 Å². The lowest BCUT2D eigenvalue weighted by atomic mass is 10.0. The monoisotopic (exact) mass is 200 g/mol. The summed E-state index contributed by atoms with van der Waals surface area (Å²) < 4.78 is 5.80. The Morgan fingerprint density at radius 2 is 2.29 bits per heavy atom. The molecule has 0 aromatic rings. The maximum Gasteiger partial charge on any atom is 0.0705 e. The number of likely N-dealkylation sites (N-methyl/N-ethyl adjacent to an activating group) is 1. The number of ether oxygens (including phenoxy) is 1. The Labute approximate surface area is 87.6 Å². The van der Waals surface area contributed by atoms with Gasteiger partial charge in [0.25, 0.3) is 0 Å². The summed E-state index contributed by atoms with van der Waals surface area (Å²) in [7, 11) is 2.17. The van der Waals surface area contributed by atoms with E-state index < -0.39 is 0 Å². The molecule has 3 nitrogen and oxygen atoms in total. The third-order valence-corrected chi connectivity index (χ3v) is 2.78. The lowest BCUT2D eigenvalue weighted by Crippen LogP contribution is -2.33. The molecule has 3 atom stereocenters. The van der Waals surface area contributed by atoms with Crippen molar-refractivity contribution in [1.82, 2.24) is 4.90 Å². The lowest BCUT2D eigenvalue weighted by molar-refractivity contribution is 0.0232. The van der Waals surface area contributed by atoms with Crippen LogP contribution in [0.2, 0.25) is 0 Å². The second-order valence-electron chi connectivity index (χ2n) is 4.82. The smallest absolute Gasteiger partial charge is 0.0705 e. The number of rotatable bonds is 3. The van der Waals surface area contributed by atoms with Crippen LogP contribution in [-0.4, -0.2) is 43.8 Å². The van der Waals surface area contributed by atoms with Crippen LogP contribution < -0.4 is 5.73 Å². The highest BCUT2D eigenvalue weighted by atomic mass is 16.5. The third kappa shape index (κ3) is 4.40. The molecule has 14 heavy (non-hydrogen) atoms. The Morgan fingerprint density at radius 3 is 2.93 bits per heavy atom. The van der Waals surface area contributed by atoms with Gasteiger partial charge in [0.05, 0.1) is 12.7 Å². The second kappa shape index (κ2) is 5.69.